The van der Waals surface area contributed by atoms with E-state index < -0.39 is 41.2 Å². The Hall–Kier alpha value is -3.84. The van der Waals surface area contributed by atoms with E-state index in [-0.39, 0.29) is 36.7 Å². The molecule has 14 heteroatoms. The molecule has 1 fully saturated rings. The highest BCUT2D eigenvalue weighted by molar-refractivity contribution is 5.69. The van der Waals surface area contributed by atoms with Gasteiger partial charge in [-0.1, -0.05) is 6.92 Å². The van der Waals surface area contributed by atoms with Crippen molar-refractivity contribution < 1.29 is 35.9 Å². The van der Waals surface area contributed by atoms with Gasteiger partial charge in [0.25, 0.3) is 0 Å². The van der Waals surface area contributed by atoms with E-state index >= 15 is 0 Å². The molecule has 1 aliphatic rings. The summed E-state index contributed by atoms with van der Waals surface area (Å²) in [7, 11) is 1.74. The highest BCUT2D eigenvalue weighted by Gasteiger charge is 2.41. The predicted molar refractivity (Wildman–Crippen MR) is 142 cm³/mol. The van der Waals surface area contributed by atoms with Crippen LogP contribution >= 0.6 is 0 Å². The summed E-state index contributed by atoms with van der Waals surface area (Å²) < 4.78 is 88.8. The number of aryl methyl sites for hydroxylation is 1. The summed E-state index contributed by atoms with van der Waals surface area (Å²) in [4.78, 5) is 24.9. The molecule has 2 aromatic heterocycles. The first-order chi connectivity index (χ1) is 19.4. The second-order valence-corrected chi connectivity index (χ2v) is 11.3. The normalized spacial score (nSPS) is 17.9. The summed E-state index contributed by atoms with van der Waals surface area (Å²) in [5.74, 6) is 0.0968. The number of halogens is 6. The number of nitrogens with zero attached hydrogens (tertiary/aromatic N) is 6. The monoisotopic (exact) mass is 598 g/mol. The second kappa shape index (κ2) is 11.4. The third kappa shape index (κ3) is 7.32. The topological polar surface area (TPSA) is 76.4 Å². The summed E-state index contributed by atoms with van der Waals surface area (Å²) in [6.45, 7) is 6.84. The molecule has 0 radical (unpaired) electrons. The van der Waals surface area contributed by atoms with Gasteiger partial charge in [-0.15, -0.1) is 0 Å². The fourth-order valence-corrected chi connectivity index (χ4v) is 4.91. The molecule has 0 N–H and O–H groups in total. The lowest BCUT2D eigenvalue weighted by atomic mass is 10.0. The van der Waals surface area contributed by atoms with Gasteiger partial charge in [-0.05, 0) is 57.4 Å². The average molecular weight is 599 g/mol. The van der Waals surface area contributed by atoms with E-state index in [9.17, 15) is 31.1 Å². The lowest BCUT2D eigenvalue weighted by molar-refractivity contribution is -0.143. The lowest BCUT2D eigenvalue weighted by Crippen LogP contribution is -2.42. The van der Waals surface area contributed by atoms with Crippen LogP contribution < -0.4 is 4.90 Å². The highest BCUT2D eigenvalue weighted by atomic mass is 19.4. The molecule has 0 spiro atoms. The van der Waals surface area contributed by atoms with Crippen LogP contribution in [0.1, 0.15) is 57.2 Å². The van der Waals surface area contributed by atoms with Gasteiger partial charge in [-0.25, -0.2) is 14.8 Å². The fourth-order valence-electron chi connectivity index (χ4n) is 4.91. The maximum Gasteiger partial charge on any atom is 0.416 e. The molecule has 1 amide bonds. The Kier molecular flexibility index (Phi) is 8.47. The Morgan fingerprint density at radius 1 is 0.976 bits per heavy atom. The van der Waals surface area contributed by atoms with Crippen molar-refractivity contribution in [2.75, 3.05) is 11.4 Å². The Bertz CT molecular complexity index is 1370. The van der Waals surface area contributed by atoms with Crippen molar-refractivity contribution in [3.8, 4) is 11.1 Å². The van der Waals surface area contributed by atoms with Gasteiger partial charge in [0.15, 0.2) is 0 Å². The number of likely N-dealkylation sites (tertiary alicyclic amines) is 1. The van der Waals surface area contributed by atoms with Crippen LogP contribution in [0, 0.1) is 0 Å². The second-order valence-electron chi connectivity index (χ2n) is 11.3. The van der Waals surface area contributed by atoms with Gasteiger partial charge in [-0.3, -0.25) is 4.68 Å². The minimum Gasteiger partial charge on any atom is -0.444 e. The molecular weight excluding hydrogens is 566 g/mol. The molecule has 3 heterocycles. The lowest BCUT2D eigenvalue weighted by Gasteiger charge is -2.30. The molecule has 1 aliphatic heterocycles. The van der Waals surface area contributed by atoms with Gasteiger partial charge in [0.05, 0.1) is 23.4 Å². The van der Waals surface area contributed by atoms with E-state index in [2.05, 4.69) is 15.1 Å². The standard InChI is InChI=1S/C28H32F6N6O2/c1-6-22-10-23(16-40(22)25(41)42-26(2,3)4)39(24-35-11-18(12-36-24)19-13-37-38(5)15-19)14-17-7-20(27(29,30)31)9-21(8-17)28(32,33)34/h7-9,11-13,15,22-23H,6,10,14,16H2,1-5H3/t22-,23+/m1/s1. The third-order valence-corrected chi connectivity index (χ3v) is 6.87. The SMILES string of the molecule is CC[C@@H]1C[C@H](N(Cc2cc(C(F)(F)F)cc(C(F)(F)F)c2)c2ncc(-c3cnn(C)c3)cn2)CN1C(=O)OC(C)(C)C. The summed E-state index contributed by atoms with van der Waals surface area (Å²) >= 11 is 0. The number of hydrogen-bond acceptors (Lipinski definition) is 6. The van der Waals surface area contributed by atoms with Crippen molar-refractivity contribution >= 4 is 12.0 Å². The number of ether oxygens (including phenoxy) is 1. The van der Waals surface area contributed by atoms with Crippen molar-refractivity contribution in [3.05, 3.63) is 59.7 Å². The van der Waals surface area contributed by atoms with Crippen LogP contribution in [-0.2, 0) is 30.7 Å². The van der Waals surface area contributed by atoms with Crippen LogP contribution in [0.4, 0.5) is 37.1 Å². The number of carbonyl (C=O) groups is 1. The Labute approximate surface area is 239 Å². The van der Waals surface area contributed by atoms with Crippen LogP contribution in [0.2, 0.25) is 0 Å². The van der Waals surface area contributed by atoms with E-state index in [1.807, 2.05) is 6.92 Å². The molecule has 0 saturated carbocycles. The van der Waals surface area contributed by atoms with E-state index in [4.69, 9.17) is 4.74 Å². The molecular formula is C28H32F6N6O2. The molecule has 0 aliphatic carbocycles. The zero-order valence-corrected chi connectivity index (χ0v) is 23.8. The number of benzene rings is 1. The number of amides is 1. The molecule has 0 unspecified atom stereocenters. The minimum atomic E-state index is -4.99. The van der Waals surface area contributed by atoms with E-state index in [1.54, 1.807) is 54.7 Å². The number of anilines is 1. The molecule has 1 aromatic carbocycles. The number of carbonyl (C=O) groups excluding carboxylic acids is 1. The molecule has 2 atom stereocenters. The van der Waals surface area contributed by atoms with Crippen LogP contribution in [0.3, 0.4) is 0 Å². The maximum absolute atomic E-state index is 13.6. The molecule has 1 saturated heterocycles. The molecule has 228 valence electrons. The Balaban J connectivity index is 1.74. The van der Waals surface area contributed by atoms with E-state index in [0.717, 1.165) is 5.56 Å². The summed E-state index contributed by atoms with van der Waals surface area (Å²) in [6, 6.07) is 0.707. The first-order valence-electron chi connectivity index (χ1n) is 13.3. The first-order valence-corrected chi connectivity index (χ1v) is 13.3. The zero-order valence-electron chi connectivity index (χ0n) is 23.8. The summed E-state index contributed by atoms with van der Waals surface area (Å²) in [5, 5.41) is 4.11. The van der Waals surface area contributed by atoms with Crippen molar-refractivity contribution in [3.63, 3.8) is 0 Å². The third-order valence-electron chi connectivity index (χ3n) is 6.87. The minimum absolute atomic E-state index is 0.0968. The quantitative estimate of drug-likeness (QED) is 0.294. The van der Waals surface area contributed by atoms with Crippen LogP contribution in [0.5, 0.6) is 0 Å². The average Bonchev–Trinajstić information content (AvgIpc) is 3.52. The molecule has 3 aromatic rings. The molecule has 0 bridgehead atoms. The van der Waals surface area contributed by atoms with Crippen LogP contribution in [0.15, 0.2) is 43.0 Å². The van der Waals surface area contributed by atoms with Gasteiger partial charge < -0.3 is 14.5 Å². The van der Waals surface area contributed by atoms with E-state index in [0.29, 0.717) is 30.5 Å². The zero-order chi connectivity index (χ0) is 31.0. The fraction of sp³-hybridized carbons (Fsp3) is 0.500. The summed E-state index contributed by atoms with van der Waals surface area (Å²) in [6.07, 6.45) is -3.20. The highest BCUT2D eigenvalue weighted by Crippen LogP contribution is 2.37. The van der Waals surface area contributed by atoms with Crippen molar-refractivity contribution in [1.82, 2.24) is 24.6 Å². The number of rotatable bonds is 6. The molecule has 8 nitrogen and oxygen atoms in total. The van der Waals surface area contributed by atoms with Gasteiger partial charge in [0.1, 0.15) is 5.60 Å². The van der Waals surface area contributed by atoms with Crippen LogP contribution in [0.25, 0.3) is 11.1 Å². The Morgan fingerprint density at radius 3 is 2.05 bits per heavy atom. The number of hydrogen-bond donors (Lipinski definition) is 0. The van der Waals surface area contributed by atoms with Crippen LogP contribution in [-0.4, -0.2) is 55.0 Å². The van der Waals surface area contributed by atoms with Crippen molar-refractivity contribution in [2.24, 2.45) is 7.05 Å². The van der Waals surface area contributed by atoms with Crippen molar-refractivity contribution in [2.45, 2.75) is 77.1 Å². The Morgan fingerprint density at radius 2 is 1.57 bits per heavy atom. The van der Waals surface area contributed by atoms with E-state index in [1.165, 1.54) is 12.4 Å². The molecule has 4 rings (SSSR count). The van der Waals surface area contributed by atoms with Gasteiger partial charge in [0.2, 0.25) is 5.95 Å². The van der Waals surface area contributed by atoms with Gasteiger partial charge >= 0.3 is 18.4 Å². The predicted octanol–water partition coefficient (Wildman–Crippen LogP) is 6.71. The molecule has 42 heavy (non-hydrogen) atoms. The number of alkyl halides is 6. The van der Waals surface area contributed by atoms with Crippen molar-refractivity contribution in [1.29, 1.82) is 0 Å². The summed E-state index contributed by atoms with van der Waals surface area (Å²) in [5.41, 5.74) is -2.45. The smallest absolute Gasteiger partial charge is 0.416 e. The van der Waals surface area contributed by atoms with Gasteiger partial charge in [-0.2, -0.15) is 31.4 Å². The maximum atomic E-state index is 13.6. The number of aromatic nitrogens is 4. The first kappa shape index (κ1) is 31.1. The largest absolute Gasteiger partial charge is 0.444 e. The van der Waals surface area contributed by atoms with Gasteiger partial charge in [0, 0.05) is 55.9 Å².